The number of hydrogen-bond acceptors (Lipinski definition) is 4. The van der Waals surface area contributed by atoms with E-state index in [4.69, 9.17) is 9.47 Å². The lowest BCUT2D eigenvalue weighted by Gasteiger charge is -2.24. The van der Waals surface area contributed by atoms with Crippen molar-refractivity contribution in [2.75, 3.05) is 13.2 Å². The van der Waals surface area contributed by atoms with E-state index in [2.05, 4.69) is 19.2 Å². The van der Waals surface area contributed by atoms with Crippen molar-refractivity contribution in [3.8, 4) is 11.5 Å². The summed E-state index contributed by atoms with van der Waals surface area (Å²) >= 11 is 1.32. The first-order chi connectivity index (χ1) is 14.0. The first-order valence-electron chi connectivity index (χ1n) is 9.83. The first-order valence-corrected chi connectivity index (χ1v) is 10.7. The van der Waals surface area contributed by atoms with Gasteiger partial charge in [0.2, 0.25) is 0 Å². The maximum atomic E-state index is 14.2. The highest BCUT2D eigenvalue weighted by molar-refractivity contribution is 7.21. The second kappa shape index (κ2) is 8.03. The number of nitrogens with one attached hydrogen (secondary N) is 1. The number of rotatable bonds is 4. The molecule has 0 spiro atoms. The Kier molecular flexibility index (Phi) is 5.46. The minimum Gasteiger partial charge on any atom is -0.490 e. The molecule has 1 atom stereocenters. The Balaban J connectivity index is 1.64. The molecule has 4 nitrogen and oxygen atoms in total. The van der Waals surface area contributed by atoms with Crippen LogP contribution in [-0.4, -0.2) is 19.1 Å². The van der Waals surface area contributed by atoms with Gasteiger partial charge in [0.05, 0.1) is 24.1 Å². The highest BCUT2D eigenvalue weighted by atomic mass is 32.1. The number of thiophene rings is 1. The average Bonchev–Trinajstić information content (AvgIpc) is 2.88. The molecule has 6 heteroatoms. The zero-order chi connectivity index (χ0) is 20.5. The summed E-state index contributed by atoms with van der Waals surface area (Å²) in [5.41, 5.74) is 1.64. The molecular weight excluding hydrogens is 389 g/mol. The predicted octanol–water partition coefficient (Wildman–Crippen LogP) is 5.64. The SMILES string of the molecule is Cc1c(C(=O)NC(c2ccc3c(c2)OCCCO3)C(C)C)sc2cccc(F)c12. The third-order valence-corrected chi connectivity index (χ3v) is 6.45. The Morgan fingerprint density at radius 2 is 1.90 bits per heavy atom. The zero-order valence-electron chi connectivity index (χ0n) is 16.8. The van der Waals surface area contributed by atoms with Crippen molar-refractivity contribution in [3.05, 3.63) is 58.2 Å². The van der Waals surface area contributed by atoms with Crippen LogP contribution in [-0.2, 0) is 0 Å². The van der Waals surface area contributed by atoms with Gasteiger partial charge in [-0.15, -0.1) is 11.3 Å². The van der Waals surface area contributed by atoms with Crippen LogP contribution in [0.4, 0.5) is 4.39 Å². The first kappa shape index (κ1) is 19.7. The molecule has 1 N–H and O–H groups in total. The fourth-order valence-corrected chi connectivity index (χ4v) is 4.81. The van der Waals surface area contributed by atoms with Crippen molar-refractivity contribution in [3.63, 3.8) is 0 Å². The van der Waals surface area contributed by atoms with Gasteiger partial charge in [-0.05, 0) is 48.2 Å². The second-order valence-electron chi connectivity index (χ2n) is 7.62. The quantitative estimate of drug-likeness (QED) is 0.602. The number of carbonyl (C=O) groups excluding carboxylic acids is 1. The van der Waals surface area contributed by atoms with E-state index in [1.54, 1.807) is 13.0 Å². The van der Waals surface area contributed by atoms with E-state index in [-0.39, 0.29) is 23.7 Å². The molecular formula is C23H24FNO3S. The molecule has 1 aliphatic heterocycles. The monoisotopic (exact) mass is 413 g/mol. The Hall–Kier alpha value is -2.60. The molecule has 1 amide bonds. The van der Waals surface area contributed by atoms with Crippen molar-refractivity contribution in [1.29, 1.82) is 0 Å². The molecule has 3 aromatic rings. The van der Waals surface area contributed by atoms with Crippen LogP contribution in [0.15, 0.2) is 36.4 Å². The van der Waals surface area contributed by atoms with Crippen molar-refractivity contribution in [1.82, 2.24) is 5.32 Å². The number of benzene rings is 2. The molecule has 152 valence electrons. The van der Waals surface area contributed by atoms with Gasteiger partial charge in [-0.2, -0.15) is 0 Å². The minimum atomic E-state index is -0.293. The normalized spacial score (nSPS) is 14.7. The van der Waals surface area contributed by atoms with Crippen LogP contribution in [0.2, 0.25) is 0 Å². The van der Waals surface area contributed by atoms with E-state index >= 15 is 0 Å². The van der Waals surface area contributed by atoms with Crippen molar-refractivity contribution < 1.29 is 18.7 Å². The number of amides is 1. The Bertz CT molecular complexity index is 1060. The number of aryl methyl sites for hydroxylation is 1. The molecule has 4 rings (SSSR count). The Morgan fingerprint density at radius 3 is 2.62 bits per heavy atom. The van der Waals surface area contributed by atoms with Crippen molar-refractivity contribution in [2.24, 2.45) is 5.92 Å². The number of hydrogen-bond donors (Lipinski definition) is 1. The van der Waals surface area contributed by atoms with Gasteiger partial charge in [-0.25, -0.2) is 4.39 Å². The van der Waals surface area contributed by atoms with Crippen LogP contribution in [0.1, 0.15) is 47.1 Å². The largest absolute Gasteiger partial charge is 0.490 e. The third-order valence-electron chi connectivity index (χ3n) is 5.19. The fourth-order valence-electron chi connectivity index (χ4n) is 3.69. The van der Waals surface area contributed by atoms with Crippen LogP contribution in [0.25, 0.3) is 10.1 Å². The summed E-state index contributed by atoms with van der Waals surface area (Å²) in [7, 11) is 0. The van der Waals surface area contributed by atoms with Crippen molar-refractivity contribution >= 4 is 27.3 Å². The molecule has 0 aliphatic carbocycles. The predicted molar refractivity (Wildman–Crippen MR) is 114 cm³/mol. The molecule has 0 saturated carbocycles. The van der Waals surface area contributed by atoms with Gasteiger partial charge in [0.15, 0.2) is 11.5 Å². The molecule has 1 aromatic heterocycles. The molecule has 1 aliphatic rings. The smallest absolute Gasteiger partial charge is 0.262 e. The lowest BCUT2D eigenvalue weighted by molar-refractivity contribution is 0.0929. The van der Waals surface area contributed by atoms with Gasteiger partial charge >= 0.3 is 0 Å². The van der Waals surface area contributed by atoms with E-state index in [9.17, 15) is 9.18 Å². The van der Waals surface area contributed by atoms with E-state index in [1.807, 2.05) is 24.3 Å². The summed E-state index contributed by atoms with van der Waals surface area (Å²) < 4.78 is 26.5. The lowest BCUT2D eigenvalue weighted by Crippen LogP contribution is -2.31. The van der Waals surface area contributed by atoms with Crippen LogP contribution >= 0.6 is 11.3 Å². The maximum absolute atomic E-state index is 14.2. The summed E-state index contributed by atoms with van der Waals surface area (Å²) in [5.74, 6) is 1.12. The maximum Gasteiger partial charge on any atom is 0.262 e. The highest BCUT2D eigenvalue weighted by Crippen LogP contribution is 2.36. The van der Waals surface area contributed by atoms with E-state index < -0.39 is 0 Å². The van der Waals surface area contributed by atoms with Gasteiger partial charge in [0.1, 0.15) is 5.82 Å². The third kappa shape index (κ3) is 3.81. The minimum absolute atomic E-state index is 0.162. The fraction of sp³-hybridized carbons (Fsp3) is 0.348. The summed E-state index contributed by atoms with van der Waals surface area (Å²) in [6, 6.07) is 10.6. The molecule has 2 aromatic carbocycles. The highest BCUT2D eigenvalue weighted by Gasteiger charge is 2.24. The summed E-state index contributed by atoms with van der Waals surface area (Å²) in [4.78, 5) is 13.6. The molecule has 0 saturated heterocycles. The van der Waals surface area contributed by atoms with E-state index in [1.165, 1.54) is 17.4 Å². The van der Waals surface area contributed by atoms with E-state index in [0.717, 1.165) is 22.4 Å². The van der Waals surface area contributed by atoms with Gasteiger partial charge in [0, 0.05) is 16.5 Å². The Morgan fingerprint density at radius 1 is 1.14 bits per heavy atom. The lowest BCUT2D eigenvalue weighted by atomic mass is 9.95. The molecule has 29 heavy (non-hydrogen) atoms. The zero-order valence-corrected chi connectivity index (χ0v) is 17.6. The van der Waals surface area contributed by atoms with Crippen LogP contribution in [0.5, 0.6) is 11.5 Å². The summed E-state index contributed by atoms with van der Waals surface area (Å²) in [5, 5.41) is 3.67. The Labute approximate surface area is 173 Å². The molecule has 2 heterocycles. The van der Waals surface area contributed by atoms with Gasteiger partial charge < -0.3 is 14.8 Å². The average molecular weight is 414 g/mol. The van der Waals surface area contributed by atoms with Crippen molar-refractivity contribution in [2.45, 2.75) is 33.2 Å². The summed E-state index contributed by atoms with van der Waals surface area (Å²) in [6.07, 6.45) is 0.843. The van der Waals surface area contributed by atoms with Crippen LogP contribution < -0.4 is 14.8 Å². The standard InChI is InChI=1S/C23H24FNO3S/c1-13(2)21(15-8-9-17-18(12-15)28-11-5-10-27-17)25-23(26)22-14(3)20-16(24)6-4-7-19(20)29-22/h4,6-9,12-13,21H,5,10-11H2,1-3H3,(H,25,26). The van der Waals surface area contributed by atoms with Crippen LogP contribution in [0, 0.1) is 18.7 Å². The topological polar surface area (TPSA) is 47.6 Å². The van der Waals surface area contributed by atoms with E-state index in [0.29, 0.717) is 34.8 Å². The molecule has 0 bridgehead atoms. The van der Waals surface area contributed by atoms with Crippen LogP contribution in [0.3, 0.4) is 0 Å². The number of carbonyl (C=O) groups is 1. The number of halogens is 1. The van der Waals surface area contributed by atoms with Gasteiger partial charge in [-0.1, -0.05) is 26.0 Å². The molecule has 1 unspecified atom stereocenters. The molecule has 0 fully saturated rings. The molecule has 0 radical (unpaired) electrons. The van der Waals surface area contributed by atoms with Gasteiger partial charge in [-0.3, -0.25) is 4.79 Å². The number of fused-ring (bicyclic) bond motifs is 2. The second-order valence-corrected chi connectivity index (χ2v) is 8.67. The number of ether oxygens (including phenoxy) is 2. The van der Waals surface area contributed by atoms with Gasteiger partial charge in [0.25, 0.3) is 5.91 Å². The summed E-state index contributed by atoms with van der Waals surface area (Å²) in [6.45, 7) is 7.17.